The largest absolute Gasteiger partial charge is 1.00 e. The van der Waals surface area contributed by atoms with E-state index in [-0.39, 0.29) is 57.6 Å². The van der Waals surface area contributed by atoms with Gasteiger partial charge in [-0.2, -0.15) is 0 Å². The van der Waals surface area contributed by atoms with E-state index in [1.54, 1.807) is 48.5 Å². The molecule has 2 aliphatic heterocycles. The molecule has 0 unspecified atom stereocenters. The van der Waals surface area contributed by atoms with Gasteiger partial charge in [0.15, 0.2) is 0 Å². The number of quaternary nitrogens is 2. The van der Waals surface area contributed by atoms with Gasteiger partial charge in [-0.25, -0.2) is 4.98 Å². The van der Waals surface area contributed by atoms with E-state index < -0.39 is 0 Å². The van der Waals surface area contributed by atoms with Crippen molar-refractivity contribution in [2.24, 2.45) is 0 Å². The number of hydrogen-bond acceptors (Lipinski definition) is 5. The predicted octanol–water partition coefficient (Wildman–Crippen LogP) is -3.17. The van der Waals surface area contributed by atoms with Crippen molar-refractivity contribution in [3.8, 4) is 0 Å². The molecule has 1 aromatic heterocycles. The highest BCUT2D eigenvalue weighted by Gasteiger charge is 2.37. The molecule has 4 amide bonds. The van der Waals surface area contributed by atoms with Crippen LogP contribution >= 0.6 is 0 Å². The van der Waals surface area contributed by atoms with Crippen LogP contribution in [0.1, 0.15) is 52.8 Å². The summed E-state index contributed by atoms with van der Waals surface area (Å²) in [6.07, 6.45) is 0. The molecule has 2 aliphatic rings. The van der Waals surface area contributed by atoms with Crippen LogP contribution in [0.15, 0.2) is 66.7 Å². The van der Waals surface area contributed by atoms with Crippen molar-refractivity contribution in [1.82, 2.24) is 14.8 Å². The van der Waals surface area contributed by atoms with E-state index in [0.29, 0.717) is 70.5 Å². The molecule has 0 saturated heterocycles. The minimum atomic E-state index is -0.234. The molecular weight excluding hydrogens is 666 g/mol. The Balaban J connectivity index is 0.00000242. The lowest BCUT2D eigenvalue weighted by atomic mass is 10.1. The van der Waals surface area contributed by atoms with Crippen LogP contribution in [0.25, 0.3) is 0 Å². The number of imide groups is 2. The van der Waals surface area contributed by atoms with E-state index in [1.165, 1.54) is 9.80 Å². The first-order valence-electron chi connectivity index (χ1n) is 13.5. The summed E-state index contributed by atoms with van der Waals surface area (Å²) in [5.41, 5.74) is 3.72. The molecule has 11 heteroatoms. The lowest BCUT2D eigenvalue weighted by molar-refractivity contribution is -0.904. The van der Waals surface area contributed by atoms with Crippen LogP contribution in [0.5, 0.6) is 0 Å². The van der Waals surface area contributed by atoms with Crippen LogP contribution in [-0.4, -0.2) is 102 Å². The van der Waals surface area contributed by atoms with Crippen LogP contribution in [0.4, 0.5) is 0 Å². The van der Waals surface area contributed by atoms with Crippen molar-refractivity contribution in [2.45, 2.75) is 13.1 Å². The highest BCUT2D eigenvalue weighted by atomic mass is 79.9. The number of fused-ring (bicyclic) bond motifs is 2. The van der Waals surface area contributed by atoms with Gasteiger partial charge in [-0.1, -0.05) is 30.3 Å². The molecule has 222 valence electrons. The second-order valence-electron chi connectivity index (χ2n) is 11.9. The second kappa shape index (κ2) is 12.9. The van der Waals surface area contributed by atoms with E-state index in [9.17, 15) is 19.2 Å². The van der Waals surface area contributed by atoms with E-state index in [4.69, 9.17) is 4.98 Å². The lowest BCUT2D eigenvalue weighted by Gasteiger charge is -2.32. The van der Waals surface area contributed by atoms with Crippen molar-refractivity contribution in [3.63, 3.8) is 0 Å². The smallest absolute Gasteiger partial charge is 0.261 e. The Hall–Kier alpha value is -3.25. The van der Waals surface area contributed by atoms with Crippen LogP contribution in [0.2, 0.25) is 0 Å². The van der Waals surface area contributed by atoms with Gasteiger partial charge in [-0.05, 0) is 36.4 Å². The number of benzene rings is 2. The third kappa shape index (κ3) is 6.86. The molecular formula is C31H35Br2N5O4. The number of pyridine rings is 1. The number of nitrogens with zero attached hydrogens (tertiary/aromatic N) is 5. The van der Waals surface area contributed by atoms with Crippen molar-refractivity contribution in [2.75, 3.05) is 54.4 Å². The number of likely N-dealkylation sites (N-methyl/N-ethyl adjacent to an activating group) is 2. The number of halogens is 2. The first-order valence-corrected chi connectivity index (χ1v) is 13.5. The highest BCUT2D eigenvalue weighted by Crippen LogP contribution is 2.24. The van der Waals surface area contributed by atoms with Gasteiger partial charge >= 0.3 is 0 Å². The molecule has 42 heavy (non-hydrogen) atoms. The Kier molecular flexibility index (Phi) is 10.3. The van der Waals surface area contributed by atoms with Crippen molar-refractivity contribution < 1.29 is 62.1 Å². The number of amides is 4. The summed E-state index contributed by atoms with van der Waals surface area (Å²) in [4.78, 5) is 58.5. The summed E-state index contributed by atoms with van der Waals surface area (Å²) in [5.74, 6) is -0.937. The molecule has 0 aliphatic carbocycles. The normalized spacial score (nSPS) is 14.5. The zero-order valence-electron chi connectivity index (χ0n) is 24.2. The molecule has 3 aromatic rings. The van der Waals surface area contributed by atoms with Gasteiger partial charge in [0.25, 0.3) is 23.6 Å². The van der Waals surface area contributed by atoms with Gasteiger partial charge in [0.05, 0.1) is 88.0 Å². The fourth-order valence-corrected chi connectivity index (χ4v) is 5.37. The summed E-state index contributed by atoms with van der Waals surface area (Å²) in [5, 5.41) is 0. The summed E-state index contributed by atoms with van der Waals surface area (Å²) in [6.45, 7) is 3.14. The van der Waals surface area contributed by atoms with Crippen molar-refractivity contribution in [3.05, 3.63) is 100 Å². The second-order valence-corrected chi connectivity index (χ2v) is 11.9. The summed E-state index contributed by atoms with van der Waals surface area (Å²) in [7, 11) is 8.26. The molecule has 0 atom stereocenters. The van der Waals surface area contributed by atoms with E-state index in [0.717, 1.165) is 11.4 Å². The zero-order chi connectivity index (χ0) is 28.7. The van der Waals surface area contributed by atoms with Gasteiger partial charge in [-0.15, -0.1) is 0 Å². The summed E-state index contributed by atoms with van der Waals surface area (Å²) < 4.78 is 1.11. The van der Waals surface area contributed by atoms with Crippen molar-refractivity contribution >= 4 is 23.6 Å². The number of aromatic nitrogens is 1. The number of carbonyl (C=O) groups excluding carboxylic acids is 4. The van der Waals surface area contributed by atoms with Gasteiger partial charge in [0, 0.05) is 0 Å². The summed E-state index contributed by atoms with van der Waals surface area (Å²) in [6, 6.07) is 19.9. The molecule has 9 nitrogen and oxygen atoms in total. The third-order valence-electron chi connectivity index (χ3n) is 7.66. The maximum Gasteiger partial charge on any atom is 0.261 e. The first kappa shape index (κ1) is 33.3. The molecule has 0 bridgehead atoms. The molecule has 0 fully saturated rings. The Morgan fingerprint density at radius 1 is 0.524 bits per heavy atom. The third-order valence-corrected chi connectivity index (χ3v) is 7.66. The molecule has 0 saturated carbocycles. The number of carbonyl (C=O) groups is 4. The molecule has 3 heterocycles. The van der Waals surface area contributed by atoms with Gasteiger partial charge in [-0.3, -0.25) is 29.0 Å². The minimum Gasteiger partial charge on any atom is -1.00 e. The fourth-order valence-electron chi connectivity index (χ4n) is 5.37. The topological polar surface area (TPSA) is 87.7 Å². The number of rotatable bonds is 10. The SMILES string of the molecule is C[N+](C)(CCN1C(=O)c2ccccc2C1=O)Cc1cccc(C[N+](C)(C)CCN2C(=O)c3ccccc3C2=O)n1.[Br-].[Br-]. The Bertz CT molecular complexity index is 1350. The average Bonchev–Trinajstić information content (AvgIpc) is 3.30. The molecule has 0 radical (unpaired) electrons. The Labute approximate surface area is 267 Å². The predicted molar refractivity (Wildman–Crippen MR) is 149 cm³/mol. The van der Waals surface area contributed by atoms with Crippen LogP contribution < -0.4 is 34.0 Å². The van der Waals surface area contributed by atoms with Crippen LogP contribution in [0, 0.1) is 0 Å². The lowest BCUT2D eigenvalue weighted by Crippen LogP contribution is -3.00. The summed E-state index contributed by atoms with van der Waals surface area (Å²) >= 11 is 0. The van der Waals surface area contributed by atoms with Crippen LogP contribution in [0.3, 0.4) is 0 Å². The van der Waals surface area contributed by atoms with Crippen LogP contribution in [-0.2, 0) is 13.1 Å². The van der Waals surface area contributed by atoms with E-state index in [1.807, 2.05) is 18.2 Å². The van der Waals surface area contributed by atoms with Gasteiger partial charge < -0.3 is 42.9 Å². The zero-order valence-corrected chi connectivity index (χ0v) is 27.4. The molecule has 5 rings (SSSR count). The fraction of sp³-hybridized carbons (Fsp3) is 0.323. The standard InChI is InChI=1S/C31H35N5O4.2BrH/c1-35(2,18-16-33-28(37)24-12-5-6-13-25(24)29(33)38)20-22-10-9-11-23(32-22)21-36(3,4)19-17-34-30(39)26-14-7-8-15-27(26)31(34)40;;/h5-15H,16-21H2,1-4H3;2*1H/q+2;;/p-2. The maximum absolute atomic E-state index is 12.7. The average molecular weight is 701 g/mol. The molecule has 2 aromatic carbocycles. The molecule has 0 spiro atoms. The first-order chi connectivity index (χ1) is 19.0. The monoisotopic (exact) mass is 699 g/mol. The number of hydrogen-bond donors (Lipinski definition) is 0. The Morgan fingerprint density at radius 2 is 0.833 bits per heavy atom. The van der Waals surface area contributed by atoms with E-state index in [2.05, 4.69) is 28.2 Å². The van der Waals surface area contributed by atoms with Gasteiger partial charge in [0.2, 0.25) is 0 Å². The highest BCUT2D eigenvalue weighted by molar-refractivity contribution is 6.22. The minimum absolute atomic E-state index is 0. The van der Waals surface area contributed by atoms with Crippen molar-refractivity contribution in [1.29, 1.82) is 0 Å². The van der Waals surface area contributed by atoms with Gasteiger partial charge in [0.1, 0.15) is 13.1 Å². The van der Waals surface area contributed by atoms with E-state index >= 15 is 0 Å². The molecule has 0 N–H and O–H groups in total. The Morgan fingerprint density at radius 3 is 1.14 bits per heavy atom. The quantitative estimate of drug-likeness (QED) is 0.165. The maximum atomic E-state index is 12.7.